The molecule has 0 aliphatic rings. The smallest absolute Gasteiger partial charge is 0.335 e. The predicted molar refractivity (Wildman–Crippen MR) is 257 cm³/mol. The Morgan fingerprint density at radius 1 is 0.569 bits per heavy atom. The summed E-state index contributed by atoms with van der Waals surface area (Å²) in [5.74, 6) is -1.60. The second kappa shape index (κ2) is 25.9. The van der Waals surface area contributed by atoms with Gasteiger partial charge in [0.05, 0.1) is 28.2 Å². The molecular formula is C47H66N6O10S2. The Labute approximate surface area is 385 Å². The molecule has 0 aliphatic carbocycles. The van der Waals surface area contributed by atoms with Gasteiger partial charge in [0.25, 0.3) is 10.2 Å². The molecule has 356 valence electrons. The first kappa shape index (κ1) is 52.2. The molecule has 4 rings (SSSR count). The van der Waals surface area contributed by atoms with Crippen LogP contribution >= 0.6 is 0 Å². The average molecular weight is 939 g/mol. The molecule has 5 N–H and O–H groups in total. The maximum absolute atomic E-state index is 13.9. The summed E-state index contributed by atoms with van der Waals surface area (Å²) in [6.07, 6.45) is 6.15. The van der Waals surface area contributed by atoms with Crippen LogP contribution in [-0.2, 0) is 20.2 Å². The first-order valence-corrected chi connectivity index (χ1v) is 25.3. The van der Waals surface area contributed by atoms with E-state index in [1.807, 2.05) is 41.8 Å². The van der Waals surface area contributed by atoms with Crippen molar-refractivity contribution in [2.45, 2.75) is 83.5 Å². The molecule has 4 aromatic rings. The van der Waals surface area contributed by atoms with Crippen molar-refractivity contribution in [3.8, 4) is 23.0 Å². The zero-order chi connectivity index (χ0) is 47.4. The van der Waals surface area contributed by atoms with Gasteiger partial charge in [-0.3, -0.25) is 4.72 Å². The van der Waals surface area contributed by atoms with Crippen molar-refractivity contribution in [1.29, 1.82) is 0 Å². The molecule has 18 heteroatoms. The van der Waals surface area contributed by atoms with Gasteiger partial charge >= 0.3 is 11.9 Å². The van der Waals surface area contributed by atoms with E-state index in [0.717, 1.165) is 38.2 Å². The molecule has 0 saturated carbocycles. The van der Waals surface area contributed by atoms with Crippen molar-refractivity contribution in [2.75, 3.05) is 74.4 Å². The predicted octanol–water partition coefficient (Wildman–Crippen LogP) is 8.64. The number of hydrogen-bond donors (Lipinski definition) is 5. The highest BCUT2D eigenvalue weighted by Gasteiger charge is 2.29. The van der Waals surface area contributed by atoms with Gasteiger partial charge in [0, 0.05) is 39.3 Å². The minimum absolute atomic E-state index is 0.0184. The molecule has 65 heavy (non-hydrogen) atoms. The van der Waals surface area contributed by atoms with Gasteiger partial charge in [-0.2, -0.15) is 13.1 Å². The number of nitrogens with one attached hydrogen (secondary N) is 3. The number of para-hydroxylation sites is 2. The third-order valence-corrected chi connectivity index (χ3v) is 12.8. The molecule has 0 amide bonds. The number of aromatic carboxylic acids is 2. The van der Waals surface area contributed by atoms with E-state index < -0.39 is 32.2 Å². The highest BCUT2D eigenvalue weighted by molar-refractivity contribution is 7.90. The third-order valence-electron chi connectivity index (χ3n) is 10.3. The van der Waals surface area contributed by atoms with Crippen LogP contribution in [-0.4, -0.2) is 104 Å². The van der Waals surface area contributed by atoms with Crippen LogP contribution in [0.15, 0.2) is 89.8 Å². The van der Waals surface area contributed by atoms with E-state index in [4.69, 9.17) is 9.47 Å². The number of rotatable bonds is 31. The molecule has 0 fully saturated rings. The fraction of sp³-hybridized carbons (Fsp3) is 0.447. The quantitative estimate of drug-likeness (QED) is 0.0300. The average Bonchev–Trinajstić information content (AvgIpc) is 3.27. The van der Waals surface area contributed by atoms with Gasteiger partial charge in [0.15, 0.2) is 11.5 Å². The summed E-state index contributed by atoms with van der Waals surface area (Å²) in [5.41, 5.74) is 0.340. The summed E-state index contributed by atoms with van der Waals surface area (Å²) in [7, 11) is -4.80. The van der Waals surface area contributed by atoms with Crippen LogP contribution in [0.25, 0.3) is 0 Å². The van der Waals surface area contributed by atoms with E-state index >= 15 is 0 Å². The van der Waals surface area contributed by atoms with Crippen LogP contribution in [0.4, 0.5) is 17.1 Å². The highest BCUT2D eigenvalue weighted by atomic mass is 32.2. The SMILES string of the molecule is CCCCN(CCCC)c1cc(C(=O)O)cc(NS(=O)(=O)NCCCCN(CCCC)c2cc(C(=O)O)cc(S(=O)(=O)NCCCN(C)C)c2Oc2ccccc2)c1Oc1ccccc1. The summed E-state index contributed by atoms with van der Waals surface area (Å²) < 4.78 is 75.8. The molecule has 0 spiro atoms. The molecule has 0 saturated heterocycles. The van der Waals surface area contributed by atoms with Gasteiger partial charge in [-0.05, 0) is 108 Å². The zero-order valence-corrected chi connectivity index (χ0v) is 39.8. The van der Waals surface area contributed by atoms with Crippen LogP contribution in [0.2, 0.25) is 0 Å². The Bertz CT molecular complexity index is 2340. The number of carboxylic acid groups (broad SMARTS) is 2. The fourth-order valence-electron chi connectivity index (χ4n) is 6.86. The molecule has 0 heterocycles. The molecule has 4 aromatic carbocycles. The summed E-state index contributed by atoms with van der Waals surface area (Å²) in [6, 6.07) is 22.8. The van der Waals surface area contributed by atoms with Crippen molar-refractivity contribution in [2.24, 2.45) is 0 Å². The van der Waals surface area contributed by atoms with Crippen LogP contribution in [0, 0.1) is 0 Å². The molecular weight excluding hydrogens is 873 g/mol. The van der Waals surface area contributed by atoms with E-state index in [-0.39, 0.29) is 52.0 Å². The van der Waals surface area contributed by atoms with Gasteiger partial charge in [-0.25, -0.2) is 22.7 Å². The number of carboxylic acids is 2. The fourth-order valence-corrected chi connectivity index (χ4v) is 9.03. The largest absolute Gasteiger partial charge is 0.478 e. The van der Waals surface area contributed by atoms with Crippen molar-refractivity contribution in [3.63, 3.8) is 0 Å². The minimum Gasteiger partial charge on any atom is -0.478 e. The Hall–Kier alpha value is -5.40. The first-order chi connectivity index (χ1) is 31.1. The van der Waals surface area contributed by atoms with Crippen molar-refractivity contribution >= 4 is 49.2 Å². The Morgan fingerprint density at radius 3 is 1.52 bits per heavy atom. The number of ether oxygens (including phenoxy) is 2. The van der Waals surface area contributed by atoms with Gasteiger partial charge in [-0.1, -0.05) is 76.4 Å². The number of anilines is 3. The van der Waals surface area contributed by atoms with Crippen molar-refractivity contribution in [3.05, 3.63) is 96.1 Å². The van der Waals surface area contributed by atoms with Gasteiger partial charge in [0.1, 0.15) is 16.4 Å². The minimum atomic E-state index is -4.29. The third kappa shape index (κ3) is 16.5. The topological polar surface area (TPSA) is 207 Å². The normalized spacial score (nSPS) is 11.7. The van der Waals surface area contributed by atoms with E-state index in [2.05, 4.69) is 28.0 Å². The Morgan fingerprint density at radius 2 is 1.03 bits per heavy atom. The van der Waals surface area contributed by atoms with Crippen molar-refractivity contribution in [1.82, 2.24) is 14.3 Å². The van der Waals surface area contributed by atoms with Crippen LogP contribution < -0.4 is 33.4 Å². The van der Waals surface area contributed by atoms with Crippen molar-refractivity contribution < 1.29 is 46.1 Å². The lowest BCUT2D eigenvalue weighted by Crippen LogP contribution is -2.33. The highest BCUT2D eigenvalue weighted by Crippen LogP contribution is 2.42. The number of nitrogens with zero attached hydrogens (tertiary/aromatic N) is 3. The Kier molecular flexibility index (Phi) is 20.8. The van der Waals surface area contributed by atoms with Gasteiger partial charge in [-0.15, -0.1) is 0 Å². The lowest BCUT2D eigenvalue weighted by molar-refractivity contribution is 0.0686. The molecule has 16 nitrogen and oxygen atoms in total. The molecule has 0 aliphatic heterocycles. The van der Waals surface area contributed by atoms with Crippen LogP contribution in [0.1, 0.15) is 99.3 Å². The van der Waals surface area contributed by atoms with E-state index in [0.29, 0.717) is 75.6 Å². The molecule has 0 radical (unpaired) electrons. The number of benzene rings is 4. The summed E-state index contributed by atoms with van der Waals surface area (Å²) in [4.78, 5) is 30.5. The molecule has 0 bridgehead atoms. The maximum atomic E-state index is 13.9. The number of hydrogen-bond acceptors (Lipinski definition) is 11. The van der Waals surface area contributed by atoms with E-state index in [1.165, 1.54) is 18.2 Å². The first-order valence-electron chi connectivity index (χ1n) is 22.3. The molecule has 0 unspecified atom stereocenters. The second-order valence-corrected chi connectivity index (χ2v) is 19.2. The van der Waals surface area contributed by atoms with E-state index in [1.54, 1.807) is 54.6 Å². The number of unbranched alkanes of at least 4 members (excludes halogenated alkanes) is 4. The maximum Gasteiger partial charge on any atom is 0.335 e. The van der Waals surface area contributed by atoms with E-state index in [9.17, 15) is 36.6 Å². The van der Waals surface area contributed by atoms with Gasteiger partial charge in [0.2, 0.25) is 10.0 Å². The zero-order valence-electron chi connectivity index (χ0n) is 38.2. The summed E-state index contributed by atoms with van der Waals surface area (Å²) in [6.45, 7) is 8.79. The Balaban J connectivity index is 1.63. The van der Waals surface area contributed by atoms with Crippen LogP contribution in [0.5, 0.6) is 23.0 Å². The number of sulfonamides is 1. The molecule has 0 atom stereocenters. The van der Waals surface area contributed by atoms with Crippen LogP contribution in [0.3, 0.4) is 0 Å². The summed E-state index contributed by atoms with van der Waals surface area (Å²) >= 11 is 0. The molecule has 0 aromatic heterocycles. The second-order valence-electron chi connectivity index (χ2n) is 15.9. The monoisotopic (exact) mass is 938 g/mol. The number of carbonyl (C=O) groups is 2. The lowest BCUT2D eigenvalue weighted by Gasteiger charge is -2.29. The van der Waals surface area contributed by atoms with Gasteiger partial charge < -0.3 is 34.4 Å². The lowest BCUT2D eigenvalue weighted by atomic mass is 10.1. The standard InChI is InChI=1S/C47H66N6O10S2/c1-6-9-28-52(29-10-7-2)41-33-36(46(54)55)32-40(44(41)62-38-21-14-12-15-22-38)50-65(60,61)49-25-18-19-31-53(30-11-8-3)42-34-37(47(56)57)35-43(45(42)63-39-23-16-13-17-24-39)64(58,59)48-26-20-27-51(4)5/h12-17,21-24,32-35,48-50H,6-11,18-20,25-31H2,1-5H3,(H,54,55)(H,56,57). The summed E-state index contributed by atoms with van der Waals surface area (Å²) in [5, 5.41) is 20.3.